The van der Waals surface area contributed by atoms with Gasteiger partial charge in [-0.2, -0.15) is 0 Å². The third kappa shape index (κ3) is 7.24. The number of nitrogens with two attached hydrogens (primary N) is 1. The summed E-state index contributed by atoms with van der Waals surface area (Å²) in [5.41, 5.74) is 7.55. The SMILES string of the molecule is CCS(=O)(=O)c1ccc(Oc2ccc(CN3C(=O)C(Cc4ccc5ccccc5c4)NC(=O)C3CCCCN)cc2)cc1. The van der Waals surface area contributed by atoms with Crippen molar-refractivity contribution in [1.82, 2.24) is 10.2 Å². The second-order valence-corrected chi connectivity index (χ2v) is 13.1. The molecule has 4 aromatic rings. The molecule has 43 heavy (non-hydrogen) atoms. The summed E-state index contributed by atoms with van der Waals surface area (Å²) in [4.78, 5) is 29.1. The number of piperazine rings is 1. The van der Waals surface area contributed by atoms with E-state index in [0.29, 0.717) is 30.9 Å². The fraction of sp³-hybridized carbons (Fsp3) is 0.294. The van der Waals surface area contributed by atoms with Crippen LogP contribution in [0.15, 0.2) is 95.9 Å². The molecule has 4 aromatic carbocycles. The molecule has 0 bridgehead atoms. The van der Waals surface area contributed by atoms with E-state index in [4.69, 9.17) is 10.5 Å². The number of unbranched alkanes of at least 4 members (excludes halogenated alkanes) is 1. The minimum atomic E-state index is -3.28. The molecule has 0 spiro atoms. The van der Waals surface area contributed by atoms with Gasteiger partial charge in [-0.05, 0) is 84.1 Å². The van der Waals surface area contributed by atoms with Gasteiger partial charge < -0.3 is 20.7 Å². The molecule has 2 atom stereocenters. The lowest BCUT2D eigenvalue weighted by Gasteiger charge is -2.39. The van der Waals surface area contributed by atoms with Crippen LogP contribution in [-0.4, -0.2) is 49.5 Å². The molecular weight excluding hydrogens is 562 g/mol. The fourth-order valence-electron chi connectivity index (χ4n) is 5.40. The van der Waals surface area contributed by atoms with Gasteiger partial charge in [-0.1, -0.05) is 61.5 Å². The summed E-state index contributed by atoms with van der Waals surface area (Å²) in [5.74, 6) is 0.880. The highest BCUT2D eigenvalue weighted by Gasteiger charge is 2.40. The number of hydrogen-bond acceptors (Lipinski definition) is 6. The van der Waals surface area contributed by atoms with E-state index in [1.165, 1.54) is 12.1 Å². The van der Waals surface area contributed by atoms with Crippen LogP contribution in [0.1, 0.15) is 37.3 Å². The number of hydrogen-bond donors (Lipinski definition) is 2. The van der Waals surface area contributed by atoms with Gasteiger partial charge in [0.1, 0.15) is 23.6 Å². The number of fused-ring (bicyclic) bond motifs is 1. The van der Waals surface area contributed by atoms with Crippen molar-refractivity contribution in [3.05, 3.63) is 102 Å². The molecule has 2 unspecified atom stereocenters. The van der Waals surface area contributed by atoms with Crippen LogP contribution in [0.3, 0.4) is 0 Å². The van der Waals surface area contributed by atoms with E-state index in [9.17, 15) is 18.0 Å². The van der Waals surface area contributed by atoms with E-state index in [2.05, 4.69) is 11.4 Å². The molecule has 1 aliphatic heterocycles. The maximum absolute atomic E-state index is 13.8. The van der Waals surface area contributed by atoms with Crippen molar-refractivity contribution in [2.24, 2.45) is 5.73 Å². The van der Waals surface area contributed by atoms with Gasteiger partial charge in [0.25, 0.3) is 0 Å². The van der Waals surface area contributed by atoms with Crippen LogP contribution in [0, 0.1) is 0 Å². The van der Waals surface area contributed by atoms with E-state index in [1.807, 2.05) is 48.5 Å². The first-order valence-corrected chi connectivity index (χ1v) is 16.3. The summed E-state index contributed by atoms with van der Waals surface area (Å²) in [6.07, 6.45) is 2.48. The Hall–Kier alpha value is -4.21. The summed E-state index contributed by atoms with van der Waals surface area (Å²) in [7, 11) is -3.28. The molecule has 1 fully saturated rings. The van der Waals surface area contributed by atoms with Gasteiger partial charge in [0.2, 0.25) is 11.8 Å². The zero-order chi connectivity index (χ0) is 30.4. The number of ether oxygens (including phenoxy) is 1. The van der Waals surface area contributed by atoms with E-state index in [1.54, 1.807) is 36.1 Å². The average Bonchev–Trinajstić information content (AvgIpc) is 3.02. The molecule has 8 nitrogen and oxygen atoms in total. The van der Waals surface area contributed by atoms with Crippen molar-refractivity contribution < 1.29 is 22.7 Å². The predicted molar refractivity (Wildman–Crippen MR) is 168 cm³/mol. The molecule has 9 heteroatoms. The second-order valence-electron chi connectivity index (χ2n) is 10.8. The average molecular weight is 600 g/mol. The molecule has 224 valence electrons. The quantitative estimate of drug-likeness (QED) is 0.222. The van der Waals surface area contributed by atoms with Crippen molar-refractivity contribution in [3.8, 4) is 11.5 Å². The first kappa shape index (κ1) is 30.3. The zero-order valence-corrected chi connectivity index (χ0v) is 25.1. The van der Waals surface area contributed by atoms with Crippen molar-refractivity contribution in [1.29, 1.82) is 0 Å². The molecular formula is C34H37N3O5S. The van der Waals surface area contributed by atoms with Crippen LogP contribution in [0.25, 0.3) is 10.8 Å². The third-order valence-corrected chi connectivity index (χ3v) is 9.59. The topological polar surface area (TPSA) is 119 Å². The lowest BCUT2D eigenvalue weighted by molar-refractivity contribution is -0.150. The monoisotopic (exact) mass is 599 g/mol. The molecule has 0 radical (unpaired) electrons. The van der Waals surface area contributed by atoms with Crippen LogP contribution in [-0.2, 0) is 32.4 Å². The summed E-state index contributed by atoms with van der Waals surface area (Å²) in [6.45, 7) is 2.43. The smallest absolute Gasteiger partial charge is 0.246 e. The first-order valence-electron chi connectivity index (χ1n) is 14.7. The number of benzene rings is 4. The maximum Gasteiger partial charge on any atom is 0.246 e. The Labute approximate surface area is 252 Å². The highest BCUT2D eigenvalue weighted by Crippen LogP contribution is 2.26. The Balaban J connectivity index is 1.30. The Morgan fingerprint density at radius 1 is 0.837 bits per heavy atom. The number of amides is 2. The Morgan fingerprint density at radius 3 is 2.16 bits per heavy atom. The minimum Gasteiger partial charge on any atom is -0.457 e. The summed E-state index contributed by atoms with van der Waals surface area (Å²) >= 11 is 0. The lowest BCUT2D eigenvalue weighted by atomic mass is 9.96. The van der Waals surface area contributed by atoms with Crippen LogP contribution in [0.5, 0.6) is 11.5 Å². The summed E-state index contributed by atoms with van der Waals surface area (Å²) in [6, 6.07) is 26.7. The largest absolute Gasteiger partial charge is 0.457 e. The van der Waals surface area contributed by atoms with Gasteiger partial charge in [0.15, 0.2) is 9.84 Å². The molecule has 1 heterocycles. The van der Waals surface area contributed by atoms with Crippen molar-refractivity contribution in [2.75, 3.05) is 12.3 Å². The third-order valence-electron chi connectivity index (χ3n) is 7.84. The van der Waals surface area contributed by atoms with Gasteiger partial charge in [-0.15, -0.1) is 0 Å². The van der Waals surface area contributed by atoms with Crippen LogP contribution in [0.2, 0.25) is 0 Å². The second kappa shape index (κ2) is 13.4. The fourth-order valence-corrected chi connectivity index (χ4v) is 6.28. The number of nitrogens with one attached hydrogen (secondary N) is 1. The van der Waals surface area contributed by atoms with Crippen molar-refractivity contribution in [2.45, 2.75) is 56.1 Å². The van der Waals surface area contributed by atoms with E-state index >= 15 is 0 Å². The molecule has 0 aliphatic carbocycles. The molecule has 5 rings (SSSR count). The summed E-state index contributed by atoms with van der Waals surface area (Å²) < 4.78 is 30.1. The van der Waals surface area contributed by atoms with Crippen LogP contribution >= 0.6 is 0 Å². The molecule has 1 saturated heterocycles. The first-order chi connectivity index (χ1) is 20.8. The zero-order valence-electron chi connectivity index (χ0n) is 24.2. The Bertz CT molecular complexity index is 1690. The van der Waals surface area contributed by atoms with Gasteiger partial charge in [-0.3, -0.25) is 9.59 Å². The Morgan fingerprint density at radius 2 is 1.49 bits per heavy atom. The number of carbonyl (C=O) groups excluding carboxylic acids is 2. The number of sulfone groups is 1. The van der Waals surface area contributed by atoms with Gasteiger partial charge >= 0.3 is 0 Å². The molecule has 1 aliphatic rings. The molecule has 2 amide bonds. The highest BCUT2D eigenvalue weighted by molar-refractivity contribution is 7.91. The lowest BCUT2D eigenvalue weighted by Crippen LogP contribution is -2.63. The van der Waals surface area contributed by atoms with E-state index < -0.39 is 21.9 Å². The molecule has 3 N–H and O–H groups in total. The highest BCUT2D eigenvalue weighted by atomic mass is 32.2. The van der Waals surface area contributed by atoms with E-state index in [-0.39, 0.29) is 29.0 Å². The summed E-state index contributed by atoms with van der Waals surface area (Å²) in [5, 5.41) is 5.21. The van der Waals surface area contributed by atoms with Crippen molar-refractivity contribution in [3.63, 3.8) is 0 Å². The number of rotatable bonds is 12. The minimum absolute atomic E-state index is 0.0356. The van der Waals surface area contributed by atoms with Crippen molar-refractivity contribution >= 4 is 32.4 Å². The maximum atomic E-state index is 13.8. The van der Waals surface area contributed by atoms with Crippen LogP contribution in [0.4, 0.5) is 0 Å². The van der Waals surface area contributed by atoms with Gasteiger partial charge in [-0.25, -0.2) is 8.42 Å². The van der Waals surface area contributed by atoms with E-state index in [0.717, 1.165) is 34.7 Å². The Kier molecular flexibility index (Phi) is 9.43. The van der Waals surface area contributed by atoms with Crippen LogP contribution < -0.4 is 15.8 Å². The number of nitrogens with zero attached hydrogens (tertiary/aromatic N) is 1. The predicted octanol–water partition coefficient (Wildman–Crippen LogP) is 4.99. The molecule has 0 saturated carbocycles. The normalized spacial score (nSPS) is 17.2. The van der Waals surface area contributed by atoms with Gasteiger partial charge in [0, 0.05) is 13.0 Å². The van der Waals surface area contributed by atoms with Gasteiger partial charge in [0.05, 0.1) is 10.6 Å². The standard InChI is InChI=1S/C34H37N3O5S/c1-2-43(40,41)30-18-16-29(17-19-30)42-28-14-11-24(12-15-28)23-37-32(9-5-6-20-35)33(38)36-31(34(37)39)22-25-10-13-26-7-3-4-8-27(26)21-25/h3-4,7-8,10-19,21,31-32H,2,5-6,9,20,22-23,35H2,1H3,(H,36,38). The molecule has 0 aromatic heterocycles. The number of carbonyl (C=O) groups is 2.